The number of carboxylic acids is 1. The van der Waals surface area contributed by atoms with Crippen molar-refractivity contribution in [1.82, 2.24) is 10.6 Å². The molecule has 2 amide bonds. The molecule has 46 heavy (non-hydrogen) atoms. The average Bonchev–Trinajstić information content (AvgIpc) is 3.24. The molecule has 1 aromatic carbocycles. The van der Waals surface area contributed by atoms with Gasteiger partial charge in [0.15, 0.2) is 11.9 Å². The van der Waals surface area contributed by atoms with Crippen LogP contribution < -0.4 is 10.6 Å². The minimum absolute atomic E-state index is 0.0111. The van der Waals surface area contributed by atoms with E-state index in [9.17, 15) is 24.3 Å². The molecule has 1 spiro atoms. The van der Waals surface area contributed by atoms with Gasteiger partial charge >= 0.3 is 11.9 Å². The molecule has 2 bridgehead atoms. The van der Waals surface area contributed by atoms with E-state index >= 15 is 0 Å². The van der Waals surface area contributed by atoms with Crippen molar-refractivity contribution in [3.05, 3.63) is 35.9 Å². The summed E-state index contributed by atoms with van der Waals surface area (Å²) in [5.74, 6) is -3.43. The van der Waals surface area contributed by atoms with E-state index in [0.29, 0.717) is 18.8 Å². The first-order chi connectivity index (χ1) is 21.8. The van der Waals surface area contributed by atoms with Crippen molar-refractivity contribution in [2.45, 2.75) is 122 Å². The zero-order valence-corrected chi connectivity index (χ0v) is 27.4. The van der Waals surface area contributed by atoms with Gasteiger partial charge in [0.05, 0.1) is 6.42 Å². The summed E-state index contributed by atoms with van der Waals surface area (Å²) in [5, 5.41) is 15.0. The van der Waals surface area contributed by atoms with Crippen molar-refractivity contribution in [3.63, 3.8) is 0 Å². The van der Waals surface area contributed by atoms with Crippen LogP contribution in [-0.4, -0.2) is 64.9 Å². The van der Waals surface area contributed by atoms with Crippen LogP contribution in [0.2, 0.25) is 0 Å². The maximum absolute atomic E-state index is 13.2. The summed E-state index contributed by atoms with van der Waals surface area (Å²) in [6.45, 7) is 9.83. The Bertz CT molecular complexity index is 1280. The molecular formula is C34H48N2O10. The highest BCUT2D eigenvalue weighted by Gasteiger charge is 2.69. The van der Waals surface area contributed by atoms with Crippen LogP contribution >= 0.6 is 0 Å². The normalized spacial score (nSPS) is 34.5. The third-order valence-electron chi connectivity index (χ3n) is 10.2. The molecular weight excluding hydrogens is 596 g/mol. The number of carboxylic acid groups (broad SMARTS) is 1. The molecule has 5 aliphatic rings. The lowest BCUT2D eigenvalue weighted by molar-refractivity contribution is -0.576. The summed E-state index contributed by atoms with van der Waals surface area (Å²) in [4.78, 5) is 63.0. The van der Waals surface area contributed by atoms with Gasteiger partial charge in [0.1, 0.15) is 12.1 Å². The van der Waals surface area contributed by atoms with E-state index in [1.807, 2.05) is 33.8 Å². The molecule has 1 aliphatic carbocycles. The highest BCUT2D eigenvalue weighted by Crippen LogP contribution is 2.60. The fourth-order valence-electron chi connectivity index (χ4n) is 7.70. The van der Waals surface area contributed by atoms with E-state index in [4.69, 9.17) is 24.0 Å². The van der Waals surface area contributed by atoms with Crippen LogP contribution in [0.3, 0.4) is 0 Å². The van der Waals surface area contributed by atoms with Gasteiger partial charge in [-0.2, -0.15) is 0 Å². The van der Waals surface area contributed by atoms with Crippen LogP contribution in [0.1, 0.15) is 85.1 Å². The molecule has 4 heterocycles. The zero-order valence-electron chi connectivity index (χ0n) is 27.4. The number of benzene rings is 1. The van der Waals surface area contributed by atoms with Crippen LogP contribution in [0.5, 0.6) is 0 Å². The molecule has 1 saturated carbocycles. The van der Waals surface area contributed by atoms with Gasteiger partial charge in [-0.3, -0.25) is 14.4 Å². The molecule has 3 N–H and O–H groups in total. The SMILES string of the molecule is CC(C)C[C@H](NC(=O)CCC(=O)O[C@@H]1O[C@@H]2O[C@]3(C)CC[C@H]4[C@H](C)CC[C@@H]([C@H]1C)[C@@]24OO3)C(=O)N[C@@H](Cc1ccccc1)C(=O)O. The predicted molar refractivity (Wildman–Crippen MR) is 163 cm³/mol. The van der Waals surface area contributed by atoms with Gasteiger partial charge < -0.3 is 30.0 Å². The van der Waals surface area contributed by atoms with Gasteiger partial charge in [0.25, 0.3) is 0 Å². The number of rotatable bonds is 12. The predicted octanol–water partition coefficient (Wildman–Crippen LogP) is 3.86. The Morgan fingerprint density at radius 1 is 0.978 bits per heavy atom. The summed E-state index contributed by atoms with van der Waals surface area (Å²) < 4.78 is 18.4. The maximum atomic E-state index is 13.2. The molecule has 4 saturated heterocycles. The smallest absolute Gasteiger partial charge is 0.326 e. The van der Waals surface area contributed by atoms with E-state index in [-0.39, 0.29) is 42.9 Å². The molecule has 0 radical (unpaired) electrons. The lowest BCUT2D eigenvalue weighted by atomic mass is 9.58. The minimum Gasteiger partial charge on any atom is -0.480 e. The number of carbonyl (C=O) groups excluding carboxylic acids is 3. The molecule has 1 aromatic rings. The number of esters is 1. The van der Waals surface area contributed by atoms with Crippen LogP contribution in [-0.2, 0) is 49.6 Å². The number of hydrogen-bond donors (Lipinski definition) is 3. The summed E-state index contributed by atoms with van der Waals surface area (Å²) in [6.07, 6.45) is 1.75. The largest absolute Gasteiger partial charge is 0.480 e. The third-order valence-corrected chi connectivity index (χ3v) is 10.2. The number of amides is 2. The number of carbonyl (C=O) groups is 4. The molecule has 254 valence electrons. The summed E-state index contributed by atoms with van der Waals surface area (Å²) >= 11 is 0. The monoisotopic (exact) mass is 644 g/mol. The lowest BCUT2D eigenvalue weighted by Crippen LogP contribution is -2.70. The molecule has 12 nitrogen and oxygen atoms in total. The van der Waals surface area contributed by atoms with Crippen LogP contribution in [0.15, 0.2) is 30.3 Å². The number of fused-ring (bicyclic) bond motifs is 2. The van der Waals surface area contributed by atoms with E-state index < -0.39 is 59.8 Å². The Balaban J connectivity index is 1.16. The first kappa shape index (κ1) is 34.3. The highest BCUT2D eigenvalue weighted by molar-refractivity contribution is 5.91. The zero-order chi connectivity index (χ0) is 33.2. The van der Waals surface area contributed by atoms with Crippen LogP contribution in [0.25, 0.3) is 0 Å². The van der Waals surface area contributed by atoms with Crippen molar-refractivity contribution in [3.8, 4) is 0 Å². The van der Waals surface area contributed by atoms with Crippen molar-refractivity contribution in [2.75, 3.05) is 0 Å². The Morgan fingerprint density at radius 3 is 2.41 bits per heavy atom. The van der Waals surface area contributed by atoms with Crippen molar-refractivity contribution in [2.24, 2.45) is 29.6 Å². The molecule has 5 fully saturated rings. The summed E-state index contributed by atoms with van der Waals surface area (Å²) in [5.41, 5.74) is -0.0153. The lowest BCUT2D eigenvalue weighted by Gasteiger charge is -2.59. The van der Waals surface area contributed by atoms with Crippen molar-refractivity contribution in [1.29, 1.82) is 0 Å². The van der Waals surface area contributed by atoms with Gasteiger partial charge in [-0.25, -0.2) is 14.6 Å². The summed E-state index contributed by atoms with van der Waals surface area (Å²) in [7, 11) is 0. The first-order valence-corrected chi connectivity index (χ1v) is 16.6. The molecule has 4 aliphatic heterocycles. The van der Waals surface area contributed by atoms with Crippen molar-refractivity contribution >= 4 is 23.8 Å². The number of nitrogens with one attached hydrogen (secondary N) is 2. The Kier molecular flexibility index (Phi) is 10.4. The first-order valence-electron chi connectivity index (χ1n) is 16.6. The van der Waals surface area contributed by atoms with Crippen molar-refractivity contribution < 1.29 is 48.3 Å². The van der Waals surface area contributed by atoms with Gasteiger partial charge in [0.2, 0.25) is 23.9 Å². The number of ether oxygens (including phenoxy) is 3. The second kappa shape index (κ2) is 14.0. The Morgan fingerprint density at radius 2 is 1.72 bits per heavy atom. The van der Waals surface area contributed by atoms with Gasteiger partial charge in [-0.15, -0.1) is 0 Å². The minimum atomic E-state index is -1.17. The van der Waals surface area contributed by atoms with Gasteiger partial charge in [-0.1, -0.05) is 58.0 Å². The summed E-state index contributed by atoms with van der Waals surface area (Å²) in [6, 6.07) is 6.86. The van der Waals surface area contributed by atoms with Crippen LogP contribution in [0.4, 0.5) is 0 Å². The van der Waals surface area contributed by atoms with Gasteiger partial charge in [-0.05, 0) is 55.9 Å². The Hall–Kier alpha value is -3.06. The highest BCUT2D eigenvalue weighted by atomic mass is 17.3. The second-order valence-corrected chi connectivity index (χ2v) is 14.1. The topological polar surface area (TPSA) is 159 Å². The standard InChI is InChI=1S/C34H48N2O10/c1-19(2)17-25(29(39)36-26(30(40)41)18-22-9-7-6-8-10-22)35-27(37)13-14-28(38)42-31-21(4)24-12-11-20(3)23-15-16-33(5)44-32(43-31)34(23,24)46-45-33/h6-10,19-21,23-26,31-32H,11-18H2,1-5H3,(H,35,37)(H,36,39)(H,40,41)/t20-,21-,23+,24+,25+,26+,31-,32-,33+,34-/m1/s1. The number of aliphatic carboxylic acids is 1. The number of hydrogen-bond acceptors (Lipinski definition) is 9. The average molecular weight is 645 g/mol. The van der Waals surface area contributed by atoms with E-state index in [2.05, 4.69) is 17.6 Å². The van der Waals surface area contributed by atoms with E-state index in [0.717, 1.165) is 24.8 Å². The molecule has 0 unspecified atom stereocenters. The third kappa shape index (κ3) is 7.25. The quantitative estimate of drug-likeness (QED) is 0.225. The van der Waals surface area contributed by atoms with Gasteiger partial charge in [0, 0.05) is 31.1 Å². The second-order valence-electron chi connectivity index (χ2n) is 14.1. The fraction of sp³-hybridized carbons (Fsp3) is 0.706. The molecule has 0 aromatic heterocycles. The van der Waals surface area contributed by atoms with E-state index in [1.165, 1.54) is 0 Å². The molecule has 12 heteroatoms. The van der Waals surface area contributed by atoms with Crippen LogP contribution in [0, 0.1) is 29.6 Å². The molecule has 6 rings (SSSR count). The maximum Gasteiger partial charge on any atom is 0.326 e. The van der Waals surface area contributed by atoms with E-state index in [1.54, 1.807) is 24.3 Å². The fourth-order valence-corrected chi connectivity index (χ4v) is 7.70. The molecule has 10 atom stereocenters. The Labute approximate surface area is 270 Å².